The molecule has 0 amide bonds. The van der Waals surface area contributed by atoms with Crippen LogP contribution in [-0.4, -0.2) is 104 Å². The van der Waals surface area contributed by atoms with E-state index in [1.165, 1.54) is 41.5 Å². The van der Waals surface area contributed by atoms with Crippen LogP contribution in [-0.2, 0) is 58.5 Å². The van der Waals surface area contributed by atoms with Crippen molar-refractivity contribution in [1.29, 1.82) is 0 Å². The van der Waals surface area contributed by atoms with E-state index in [0.29, 0.717) is 116 Å². The average molecular weight is 1650 g/mol. The molecule has 0 atom stereocenters. The number of halogens is 6. The smallest absolute Gasteiger partial charge is 0.321 e. The van der Waals surface area contributed by atoms with E-state index in [0.717, 1.165) is 90.8 Å². The van der Waals surface area contributed by atoms with E-state index < -0.39 is 56.7 Å². The number of nitrogens with one attached hydrogen (secondary N) is 8. The summed E-state index contributed by atoms with van der Waals surface area (Å²) in [6, 6.07) is 39.7. The zero-order valence-corrected chi connectivity index (χ0v) is 67.4. The standard InChI is InChI=1S/C22H20F3N5O2.C22H23N5O2.C21H19ClFN5O2.C21H20FN5O2/c1-12-9-16-17(10-13(12)2)30(19-18(27-16)20(31)29-21(32)28-19)8-7-26-11-14-3-5-15(6-4-14)22(23,24)25;1-13-6-4-5-7-16(13)12-23-8-9-27-18-11-15(3)14(2)10-17(18)24-19-20(27)25-22(29)26-21(19)28;1-11-7-16-17(8-12(11)2)28(19-18(25-16)20(29)27-21(30)26-19)6-5-24-10-13-3-4-14(22)9-15(13)23;1-12-8-16-17(9-13(12)2)27(19-18(24-16)20(28)26-21(29)25-19)7-6-23-11-14-4-3-5-15(22)10-14/h3-6,9-10,26H,7-8,11H2,1-2H3,(H,29,31,32);4-7,10-11,23H,8-9,12H2,1-3H3,(H,26,28,29);3-4,7-9,24H,5-6,10H2,1-2H3,(H,27,29,30);3-5,8-10,23H,6-7,11H2,1-2H3,(H,26,28,29). The zero-order chi connectivity index (χ0) is 85.5. The maximum atomic E-state index is 14.0. The summed E-state index contributed by atoms with van der Waals surface area (Å²) in [6.07, 6.45) is -4.37. The first kappa shape index (κ1) is 84.6. The summed E-state index contributed by atoms with van der Waals surface area (Å²) in [6.45, 7) is 23.7. The SMILES string of the molecule is Cc1cc2nc3c(=O)[nH]c(=O)nc-3n(CCNCc3ccc(C(F)(F)F)cc3)c2cc1C.Cc1cc2nc3c(=O)[nH]c(=O)nc-3n(CCNCc3ccc(Cl)cc3F)c2cc1C.Cc1cc2nc3c(=O)[nH]c(=O)nc-3n(CCNCc3cccc(F)c3)c2cc1C.Cc1cc2nc3c(=O)[nH]c(=O)nc-3n(CCNCc3ccccc3C)c2cc1C. The van der Waals surface area contributed by atoms with Crippen molar-refractivity contribution < 1.29 is 22.0 Å². The van der Waals surface area contributed by atoms with Crippen molar-refractivity contribution in [2.75, 3.05) is 26.2 Å². The Hall–Kier alpha value is -13.3. The van der Waals surface area contributed by atoms with E-state index in [9.17, 15) is 60.3 Å². The fourth-order valence-corrected chi connectivity index (χ4v) is 13.9. The van der Waals surface area contributed by atoms with Gasteiger partial charge in [0.15, 0.2) is 46.1 Å². The Morgan fingerprint density at radius 1 is 0.342 bits per heavy atom. The number of aryl methyl sites for hydroxylation is 9. The van der Waals surface area contributed by atoms with Crippen LogP contribution in [0.2, 0.25) is 5.02 Å². The Labute approximate surface area is 684 Å². The minimum absolute atomic E-state index is 0.0723. The molecule has 0 saturated heterocycles. The van der Waals surface area contributed by atoms with Crippen LogP contribution in [0.1, 0.15) is 77.9 Å². The normalized spacial score (nSPS) is 11.6. The van der Waals surface area contributed by atoms with Gasteiger partial charge in [0.25, 0.3) is 22.2 Å². The van der Waals surface area contributed by atoms with E-state index in [1.807, 2.05) is 131 Å². The van der Waals surface area contributed by atoms with Crippen molar-refractivity contribution in [2.24, 2.45) is 0 Å². The van der Waals surface area contributed by atoms with Crippen LogP contribution in [0.15, 0.2) is 178 Å². The molecule has 8 heterocycles. The van der Waals surface area contributed by atoms with Crippen LogP contribution in [0.3, 0.4) is 0 Å². The molecule has 28 nitrogen and oxygen atoms in total. The molecule has 8 aliphatic rings. The summed E-state index contributed by atoms with van der Waals surface area (Å²) < 4.78 is 72.7. The van der Waals surface area contributed by atoms with Crippen molar-refractivity contribution in [1.82, 2.24) is 99.3 Å². The molecule has 0 saturated carbocycles. The number of H-pyrrole nitrogens is 4. The van der Waals surface area contributed by atoms with Gasteiger partial charge in [-0.2, -0.15) is 33.1 Å². The van der Waals surface area contributed by atoms with Crippen molar-refractivity contribution in [3.63, 3.8) is 0 Å². The lowest BCUT2D eigenvalue weighted by Gasteiger charge is -2.18. The molecule has 0 spiro atoms. The Morgan fingerprint density at radius 3 is 1.02 bits per heavy atom. The molecule has 0 aromatic heterocycles. The molecule has 8 N–H and O–H groups in total. The maximum absolute atomic E-state index is 14.0. The van der Waals surface area contributed by atoms with Crippen LogP contribution in [0.25, 0.3) is 90.2 Å². The highest BCUT2D eigenvalue weighted by molar-refractivity contribution is 6.30. The number of rotatable bonds is 20. The number of hydrogen-bond donors (Lipinski definition) is 8. The molecule has 616 valence electrons. The summed E-state index contributed by atoms with van der Waals surface area (Å²) in [5, 5.41) is 13.4. The Balaban J connectivity index is 0.000000138. The molecular weight excluding hydrogens is 1570 g/mol. The predicted molar refractivity (Wildman–Crippen MR) is 449 cm³/mol. The summed E-state index contributed by atoms with van der Waals surface area (Å²) in [5.41, 5.74) is 13.5. The average Bonchev–Trinajstić information content (AvgIpc) is 0.771. The summed E-state index contributed by atoms with van der Waals surface area (Å²) >= 11 is 5.79. The molecule has 34 heteroatoms. The fraction of sp³-hybridized carbons (Fsp3) is 0.256. The van der Waals surface area contributed by atoms with Crippen molar-refractivity contribution in [3.05, 3.63) is 317 Å². The minimum atomic E-state index is -4.37. The molecule has 0 unspecified atom stereocenters. The predicted octanol–water partition coefficient (Wildman–Crippen LogP) is 10.2. The molecule has 16 rings (SSSR count). The van der Waals surface area contributed by atoms with E-state index >= 15 is 0 Å². The molecular formula is C86H82ClF5N20O8. The third-order valence-electron chi connectivity index (χ3n) is 20.7. The lowest BCUT2D eigenvalue weighted by atomic mass is 10.1. The van der Waals surface area contributed by atoms with Gasteiger partial charge in [0.05, 0.1) is 49.7 Å². The molecule has 0 radical (unpaired) electrons. The van der Waals surface area contributed by atoms with Gasteiger partial charge in [0, 0.05) is 89.1 Å². The van der Waals surface area contributed by atoms with E-state index in [1.54, 1.807) is 27.3 Å². The summed E-state index contributed by atoms with van der Waals surface area (Å²) in [7, 11) is 0. The lowest BCUT2D eigenvalue weighted by Crippen LogP contribution is -2.30. The number of aromatic amines is 4. The van der Waals surface area contributed by atoms with Crippen LogP contribution < -0.4 is 66.3 Å². The quantitative estimate of drug-likeness (QED) is 0.0200. The molecule has 8 aromatic rings. The molecule has 120 heavy (non-hydrogen) atoms. The molecule has 0 aliphatic carbocycles. The number of hydrogen-bond acceptors (Lipinski definition) is 20. The van der Waals surface area contributed by atoms with Crippen LogP contribution >= 0.6 is 11.6 Å². The number of nitrogens with zero attached hydrogens (tertiary/aromatic N) is 12. The second kappa shape index (κ2) is 36.3. The second-order valence-corrected chi connectivity index (χ2v) is 29.6. The van der Waals surface area contributed by atoms with Crippen LogP contribution in [0.4, 0.5) is 22.0 Å². The van der Waals surface area contributed by atoms with E-state index in [-0.39, 0.29) is 51.9 Å². The molecule has 8 aliphatic heterocycles. The zero-order valence-electron chi connectivity index (χ0n) is 66.7. The van der Waals surface area contributed by atoms with Crippen molar-refractivity contribution in [3.8, 4) is 46.1 Å². The minimum Gasteiger partial charge on any atom is -0.321 e. The Kier molecular flexibility index (Phi) is 25.6. The largest absolute Gasteiger partial charge is 0.416 e. The number of fused-ring (bicyclic) bond motifs is 8. The first-order chi connectivity index (χ1) is 57.3. The number of alkyl halides is 3. The number of aromatic nitrogens is 16. The van der Waals surface area contributed by atoms with Gasteiger partial charge < -0.3 is 39.5 Å². The van der Waals surface area contributed by atoms with Gasteiger partial charge in [-0.25, -0.2) is 47.9 Å². The highest BCUT2D eigenvalue weighted by Gasteiger charge is 2.30. The lowest BCUT2D eigenvalue weighted by molar-refractivity contribution is -0.137. The molecule has 0 bridgehead atoms. The van der Waals surface area contributed by atoms with E-state index in [2.05, 4.69) is 100 Å². The molecule has 8 aromatic carbocycles. The van der Waals surface area contributed by atoms with Crippen molar-refractivity contribution >= 4 is 55.7 Å². The van der Waals surface area contributed by atoms with Gasteiger partial charge in [0.1, 0.15) is 11.6 Å². The van der Waals surface area contributed by atoms with Crippen LogP contribution in [0, 0.1) is 73.9 Å². The Bertz CT molecular complexity index is 6960. The van der Waals surface area contributed by atoms with Gasteiger partial charge in [0.2, 0.25) is 0 Å². The monoisotopic (exact) mass is 1650 g/mol. The number of benzene rings is 8. The van der Waals surface area contributed by atoms with E-state index in [4.69, 9.17) is 11.6 Å². The topological polar surface area (TPSA) is 371 Å². The highest BCUT2D eigenvalue weighted by Crippen LogP contribution is 2.31. The second-order valence-electron chi connectivity index (χ2n) is 29.1. The van der Waals surface area contributed by atoms with Crippen LogP contribution in [0.5, 0.6) is 0 Å². The summed E-state index contributed by atoms with van der Waals surface area (Å²) in [5.74, 6) is 0.318. The van der Waals surface area contributed by atoms with Gasteiger partial charge in [-0.1, -0.05) is 66.2 Å². The van der Waals surface area contributed by atoms with Crippen molar-refractivity contribution in [2.45, 2.75) is 121 Å². The fourth-order valence-electron chi connectivity index (χ4n) is 13.7. The van der Waals surface area contributed by atoms with Gasteiger partial charge in [-0.3, -0.25) is 39.1 Å². The third-order valence-corrected chi connectivity index (χ3v) is 20.9. The Morgan fingerprint density at radius 2 is 0.675 bits per heavy atom. The van der Waals surface area contributed by atoms with Gasteiger partial charge in [-0.15, -0.1) is 0 Å². The maximum Gasteiger partial charge on any atom is 0.416 e. The third kappa shape index (κ3) is 19.4. The molecule has 0 fully saturated rings. The first-order valence-corrected chi connectivity index (χ1v) is 38.6. The highest BCUT2D eigenvalue weighted by atomic mass is 35.5. The first-order valence-electron chi connectivity index (χ1n) is 38.2. The van der Waals surface area contributed by atoms with Gasteiger partial charge >= 0.3 is 28.9 Å². The summed E-state index contributed by atoms with van der Waals surface area (Å²) in [4.78, 5) is 139. The van der Waals surface area contributed by atoms with Gasteiger partial charge in [-0.05, 0) is 214 Å².